The number of aryl methyl sites for hydroxylation is 1. The van der Waals surface area contributed by atoms with Gasteiger partial charge in [-0.15, -0.1) is 0 Å². The number of fused-ring (bicyclic) bond motifs is 1. The number of anilines is 2. The van der Waals surface area contributed by atoms with Gasteiger partial charge in [-0.05, 0) is 43.2 Å². The van der Waals surface area contributed by atoms with Crippen LogP contribution in [0.1, 0.15) is 39.1 Å². The highest BCUT2D eigenvalue weighted by molar-refractivity contribution is 6.23. The highest BCUT2D eigenvalue weighted by Gasteiger charge is 2.44. The number of pyridine rings is 1. The zero-order valence-electron chi connectivity index (χ0n) is 17.7. The lowest BCUT2D eigenvalue weighted by atomic mass is 10.0. The first kappa shape index (κ1) is 20.2. The summed E-state index contributed by atoms with van der Waals surface area (Å²) in [7, 11) is 0. The Labute approximate surface area is 185 Å². The first-order chi connectivity index (χ1) is 15.4. The highest BCUT2D eigenvalue weighted by atomic mass is 16.2. The molecular weight excluding hydrogens is 410 g/mol. The van der Waals surface area contributed by atoms with Gasteiger partial charge in [0.2, 0.25) is 11.8 Å². The van der Waals surface area contributed by atoms with Gasteiger partial charge in [-0.2, -0.15) is 0 Å². The minimum absolute atomic E-state index is 0.106. The van der Waals surface area contributed by atoms with Gasteiger partial charge in [-0.3, -0.25) is 29.4 Å². The van der Waals surface area contributed by atoms with Crippen LogP contribution in [0.15, 0.2) is 36.5 Å². The number of nitrogens with zero attached hydrogens (tertiary/aromatic N) is 4. The van der Waals surface area contributed by atoms with Gasteiger partial charge in [-0.25, -0.2) is 4.98 Å². The lowest BCUT2D eigenvalue weighted by Gasteiger charge is -2.36. The molecule has 0 spiro atoms. The van der Waals surface area contributed by atoms with Crippen LogP contribution >= 0.6 is 0 Å². The molecule has 4 heterocycles. The van der Waals surface area contributed by atoms with Crippen molar-refractivity contribution in [2.75, 3.05) is 36.0 Å². The van der Waals surface area contributed by atoms with E-state index in [0.717, 1.165) is 48.1 Å². The lowest BCUT2D eigenvalue weighted by molar-refractivity contribution is -0.136. The van der Waals surface area contributed by atoms with Crippen molar-refractivity contribution in [1.82, 2.24) is 15.2 Å². The molecule has 9 nitrogen and oxygen atoms in total. The van der Waals surface area contributed by atoms with E-state index in [1.807, 2.05) is 31.3 Å². The van der Waals surface area contributed by atoms with E-state index in [9.17, 15) is 19.2 Å². The first-order valence-electron chi connectivity index (χ1n) is 10.7. The smallest absolute Gasteiger partial charge is 0.262 e. The summed E-state index contributed by atoms with van der Waals surface area (Å²) in [4.78, 5) is 59.4. The maximum atomic E-state index is 13.0. The molecule has 0 radical (unpaired) electrons. The second kappa shape index (κ2) is 7.74. The Morgan fingerprint density at radius 3 is 2.31 bits per heavy atom. The van der Waals surface area contributed by atoms with Crippen LogP contribution in [0.5, 0.6) is 0 Å². The molecule has 1 N–H and O–H groups in total. The van der Waals surface area contributed by atoms with Gasteiger partial charge in [0.25, 0.3) is 11.8 Å². The summed E-state index contributed by atoms with van der Waals surface area (Å²) in [5.41, 5.74) is 2.59. The number of nitrogens with one attached hydrogen (secondary N) is 1. The number of hydrogen-bond donors (Lipinski definition) is 1. The number of aromatic nitrogens is 1. The van der Waals surface area contributed by atoms with Gasteiger partial charge in [0, 0.05) is 44.5 Å². The standard InChI is InChI=1S/C23H23N5O4/c1-14-2-6-19(24-13-14)27-10-8-26(9-11-27)15-3-4-16-17(12-15)23(32)28(22(16)31)18-5-7-20(29)25-21(18)30/h2-4,6,12-13,18H,5,7-11H2,1H3,(H,25,29,30). The van der Waals surface area contributed by atoms with Crippen LogP contribution in [-0.4, -0.2) is 65.7 Å². The Morgan fingerprint density at radius 2 is 1.62 bits per heavy atom. The van der Waals surface area contributed by atoms with Crippen molar-refractivity contribution in [3.8, 4) is 0 Å². The number of carbonyl (C=O) groups is 4. The minimum atomic E-state index is -0.950. The quantitative estimate of drug-likeness (QED) is 0.724. The Hall–Kier alpha value is -3.75. The van der Waals surface area contributed by atoms with Crippen LogP contribution in [0.2, 0.25) is 0 Å². The lowest BCUT2D eigenvalue weighted by Crippen LogP contribution is -2.54. The number of piperazine rings is 1. The van der Waals surface area contributed by atoms with Crippen molar-refractivity contribution in [1.29, 1.82) is 0 Å². The van der Waals surface area contributed by atoms with E-state index in [1.54, 1.807) is 12.1 Å². The fourth-order valence-electron chi connectivity index (χ4n) is 4.50. The van der Waals surface area contributed by atoms with Crippen LogP contribution in [0.3, 0.4) is 0 Å². The van der Waals surface area contributed by atoms with E-state index in [4.69, 9.17) is 0 Å². The third-order valence-electron chi connectivity index (χ3n) is 6.29. The predicted octanol–water partition coefficient (Wildman–Crippen LogP) is 1.12. The number of carbonyl (C=O) groups excluding carboxylic acids is 4. The topological polar surface area (TPSA) is 103 Å². The van der Waals surface area contributed by atoms with E-state index in [0.29, 0.717) is 11.1 Å². The Morgan fingerprint density at radius 1 is 0.906 bits per heavy atom. The molecule has 2 fully saturated rings. The third kappa shape index (κ3) is 3.39. The molecule has 3 aliphatic rings. The van der Waals surface area contributed by atoms with Gasteiger partial charge >= 0.3 is 0 Å². The predicted molar refractivity (Wildman–Crippen MR) is 117 cm³/mol. The molecule has 1 aromatic carbocycles. The van der Waals surface area contributed by atoms with E-state index < -0.39 is 23.8 Å². The van der Waals surface area contributed by atoms with Crippen LogP contribution in [0.25, 0.3) is 0 Å². The summed E-state index contributed by atoms with van der Waals surface area (Å²) in [6.07, 6.45) is 2.12. The molecule has 1 aromatic heterocycles. The fraction of sp³-hybridized carbons (Fsp3) is 0.348. The molecule has 0 bridgehead atoms. The molecule has 1 atom stereocenters. The van der Waals surface area contributed by atoms with Crippen molar-refractivity contribution in [3.63, 3.8) is 0 Å². The molecule has 9 heteroatoms. The third-order valence-corrected chi connectivity index (χ3v) is 6.29. The van der Waals surface area contributed by atoms with Crippen LogP contribution in [-0.2, 0) is 9.59 Å². The molecule has 2 aromatic rings. The maximum absolute atomic E-state index is 13.0. The minimum Gasteiger partial charge on any atom is -0.368 e. The van der Waals surface area contributed by atoms with Crippen molar-refractivity contribution in [3.05, 3.63) is 53.2 Å². The van der Waals surface area contributed by atoms with Gasteiger partial charge in [-0.1, -0.05) is 6.07 Å². The van der Waals surface area contributed by atoms with Crippen molar-refractivity contribution in [2.24, 2.45) is 0 Å². The Kier molecular flexibility index (Phi) is 4.88. The molecule has 164 valence electrons. The van der Waals surface area contributed by atoms with E-state index >= 15 is 0 Å². The zero-order chi connectivity index (χ0) is 22.4. The summed E-state index contributed by atoms with van der Waals surface area (Å²) in [5.74, 6) is -1.00. The normalized spacial score (nSPS) is 21.2. The molecule has 3 aliphatic heterocycles. The van der Waals surface area contributed by atoms with Gasteiger partial charge in [0.1, 0.15) is 11.9 Å². The number of piperidine rings is 1. The SMILES string of the molecule is Cc1ccc(N2CCN(c3ccc4c(c3)C(=O)N(C3CCC(=O)NC3=O)C4=O)CC2)nc1. The number of imide groups is 2. The van der Waals surface area contributed by atoms with Crippen LogP contribution in [0.4, 0.5) is 11.5 Å². The average molecular weight is 433 g/mol. The Balaban J connectivity index is 1.31. The number of hydrogen-bond acceptors (Lipinski definition) is 7. The summed E-state index contributed by atoms with van der Waals surface area (Å²) in [6, 6.07) is 8.36. The molecule has 5 rings (SSSR count). The van der Waals surface area contributed by atoms with Crippen molar-refractivity contribution in [2.45, 2.75) is 25.8 Å². The summed E-state index contributed by atoms with van der Waals surface area (Å²) in [5, 5.41) is 2.22. The van der Waals surface area contributed by atoms with Gasteiger partial charge in [0.15, 0.2) is 0 Å². The largest absolute Gasteiger partial charge is 0.368 e. The Bertz CT molecular complexity index is 1120. The fourth-order valence-corrected chi connectivity index (χ4v) is 4.50. The van der Waals surface area contributed by atoms with E-state index in [-0.39, 0.29) is 18.7 Å². The monoisotopic (exact) mass is 433 g/mol. The first-order valence-corrected chi connectivity index (χ1v) is 10.7. The molecule has 1 unspecified atom stereocenters. The summed E-state index contributed by atoms with van der Waals surface area (Å²) < 4.78 is 0. The van der Waals surface area contributed by atoms with E-state index in [1.165, 1.54) is 0 Å². The summed E-state index contributed by atoms with van der Waals surface area (Å²) >= 11 is 0. The van der Waals surface area contributed by atoms with Crippen LogP contribution in [0, 0.1) is 6.92 Å². The van der Waals surface area contributed by atoms with E-state index in [2.05, 4.69) is 20.1 Å². The molecule has 0 aliphatic carbocycles. The second-order valence-corrected chi connectivity index (χ2v) is 8.34. The maximum Gasteiger partial charge on any atom is 0.262 e. The molecular formula is C23H23N5O4. The molecule has 32 heavy (non-hydrogen) atoms. The molecule has 2 saturated heterocycles. The second-order valence-electron chi connectivity index (χ2n) is 8.34. The molecule has 4 amide bonds. The summed E-state index contributed by atoms with van der Waals surface area (Å²) in [6.45, 7) is 5.11. The number of rotatable bonds is 3. The molecule has 0 saturated carbocycles. The van der Waals surface area contributed by atoms with Crippen LogP contribution < -0.4 is 15.1 Å². The highest BCUT2D eigenvalue weighted by Crippen LogP contribution is 2.31. The number of benzene rings is 1. The van der Waals surface area contributed by atoms with Crippen molar-refractivity contribution >= 4 is 35.1 Å². The van der Waals surface area contributed by atoms with Gasteiger partial charge in [0.05, 0.1) is 11.1 Å². The van der Waals surface area contributed by atoms with Crippen molar-refractivity contribution < 1.29 is 19.2 Å². The van der Waals surface area contributed by atoms with Gasteiger partial charge < -0.3 is 9.80 Å². The number of amides is 4. The zero-order valence-corrected chi connectivity index (χ0v) is 17.7. The average Bonchev–Trinajstić information content (AvgIpc) is 3.04.